The van der Waals surface area contributed by atoms with E-state index in [9.17, 15) is 4.79 Å². The first kappa shape index (κ1) is 13.4. The van der Waals surface area contributed by atoms with Gasteiger partial charge in [0, 0.05) is 11.1 Å². The molecule has 5 heteroatoms. The number of nitriles is 2. The molecule has 0 spiro atoms. The first-order chi connectivity index (χ1) is 9.60. The van der Waals surface area contributed by atoms with Crippen LogP contribution in [0.4, 0.5) is 0 Å². The predicted molar refractivity (Wildman–Crippen MR) is 70.3 cm³/mol. The molecule has 0 saturated heterocycles. The molecule has 0 amide bonds. The number of benzene rings is 1. The summed E-state index contributed by atoms with van der Waals surface area (Å²) < 4.78 is 10.2. The third-order valence-corrected chi connectivity index (χ3v) is 2.80. The molecule has 0 fully saturated rings. The quantitative estimate of drug-likeness (QED) is 0.576. The van der Waals surface area contributed by atoms with Gasteiger partial charge in [0.05, 0.1) is 12.7 Å². The standard InChI is InChI=1S/C15H10N2O3/c1-9-5-13(11(7-16)8-17)12-4-3-10(15(18)19-2)6-14(12)20-9/h3-6H,1-2H3. The summed E-state index contributed by atoms with van der Waals surface area (Å²) in [6, 6.07) is 8.45. The van der Waals surface area contributed by atoms with Crippen LogP contribution in [0.25, 0.3) is 5.57 Å². The number of ether oxygens (including phenoxy) is 2. The summed E-state index contributed by atoms with van der Waals surface area (Å²) >= 11 is 0. The van der Waals surface area contributed by atoms with Gasteiger partial charge in [-0.15, -0.1) is 0 Å². The molecule has 1 aromatic rings. The predicted octanol–water partition coefficient (Wildman–Crippen LogP) is 2.57. The van der Waals surface area contributed by atoms with Crippen molar-refractivity contribution in [3.8, 4) is 17.9 Å². The normalized spacial score (nSPS) is 12.2. The van der Waals surface area contributed by atoms with Crippen molar-refractivity contribution in [1.29, 1.82) is 10.5 Å². The molecule has 0 saturated carbocycles. The SMILES string of the molecule is COC(=O)c1ccc2c(c1)OC(C)=CC2=C(C#N)C#N. The fourth-order valence-electron chi connectivity index (χ4n) is 1.91. The van der Waals surface area contributed by atoms with Crippen molar-refractivity contribution >= 4 is 11.5 Å². The molecule has 20 heavy (non-hydrogen) atoms. The molecule has 1 aliphatic rings. The molecule has 2 rings (SSSR count). The maximum Gasteiger partial charge on any atom is 0.337 e. The lowest BCUT2D eigenvalue weighted by atomic mass is 9.96. The van der Waals surface area contributed by atoms with Gasteiger partial charge in [0.1, 0.15) is 29.2 Å². The Morgan fingerprint density at radius 2 is 2.00 bits per heavy atom. The summed E-state index contributed by atoms with van der Waals surface area (Å²) in [7, 11) is 1.29. The zero-order valence-corrected chi connectivity index (χ0v) is 10.9. The number of hydrogen-bond donors (Lipinski definition) is 0. The van der Waals surface area contributed by atoms with Crippen molar-refractivity contribution in [2.24, 2.45) is 0 Å². The van der Waals surface area contributed by atoms with Gasteiger partial charge in [0.15, 0.2) is 0 Å². The van der Waals surface area contributed by atoms with Gasteiger partial charge in [-0.25, -0.2) is 4.79 Å². The summed E-state index contributed by atoms with van der Waals surface area (Å²) in [6.07, 6.45) is 1.63. The molecule has 5 nitrogen and oxygen atoms in total. The lowest BCUT2D eigenvalue weighted by molar-refractivity contribution is 0.0600. The Morgan fingerprint density at radius 3 is 2.60 bits per heavy atom. The highest BCUT2D eigenvalue weighted by molar-refractivity contribution is 5.93. The van der Waals surface area contributed by atoms with Crippen molar-refractivity contribution in [2.75, 3.05) is 7.11 Å². The van der Waals surface area contributed by atoms with E-state index in [0.29, 0.717) is 28.2 Å². The summed E-state index contributed by atoms with van der Waals surface area (Å²) in [5.41, 5.74) is 1.43. The van der Waals surface area contributed by atoms with E-state index in [2.05, 4.69) is 4.74 Å². The Bertz CT molecular complexity index is 714. The van der Waals surface area contributed by atoms with E-state index in [1.54, 1.807) is 25.1 Å². The topological polar surface area (TPSA) is 83.1 Å². The van der Waals surface area contributed by atoms with Crippen LogP contribution in [0.5, 0.6) is 5.75 Å². The van der Waals surface area contributed by atoms with Crippen molar-refractivity contribution in [3.63, 3.8) is 0 Å². The van der Waals surface area contributed by atoms with E-state index in [1.165, 1.54) is 13.2 Å². The highest BCUT2D eigenvalue weighted by atomic mass is 16.5. The molecule has 1 aliphatic heterocycles. The van der Waals surface area contributed by atoms with E-state index in [1.807, 2.05) is 12.1 Å². The zero-order chi connectivity index (χ0) is 14.7. The maximum absolute atomic E-state index is 11.5. The molecule has 0 bridgehead atoms. The van der Waals surface area contributed by atoms with Gasteiger partial charge in [-0.3, -0.25) is 0 Å². The Labute approximate surface area is 116 Å². The molecule has 0 aliphatic carbocycles. The Kier molecular flexibility index (Phi) is 3.54. The summed E-state index contributed by atoms with van der Waals surface area (Å²) in [4.78, 5) is 11.5. The second-order valence-corrected chi connectivity index (χ2v) is 4.07. The lowest BCUT2D eigenvalue weighted by Gasteiger charge is -2.18. The highest BCUT2D eigenvalue weighted by Crippen LogP contribution is 2.36. The smallest absolute Gasteiger partial charge is 0.337 e. The average Bonchev–Trinajstić information content (AvgIpc) is 2.46. The first-order valence-electron chi connectivity index (χ1n) is 5.74. The fraction of sp³-hybridized carbons (Fsp3) is 0.133. The van der Waals surface area contributed by atoms with Crippen LogP contribution in [0.2, 0.25) is 0 Å². The number of methoxy groups -OCH3 is 1. The van der Waals surface area contributed by atoms with E-state index in [0.717, 1.165) is 0 Å². The van der Waals surface area contributed by atoms with E-state index in [4.69, 9.17) is 15.3 Å². The van der Waals surface area contributed by atoms with Crippen molar-refractivity contribution in [1.82, 2.24) is 0 Å². The molecule has 0 aromatic heterocycles. The molecule has 98 valence electrons. The van der Waals surface area contributed by atoms with Crippen molar-refractivity contribution < 1.29 is 14.3 Å². The lowest BCUT2D eigenvalue weighted by Crippen LogP contribution is -2.06. The number of allylic oxidation sites excluding steroid dienone is 4. The molecule has 1 heterocycles. The zero-order valence-electron chi connectivity index (χ0n) is 10.9. The van der Waals surface area contributed by atoms with Gasteiger partial charge in [-0.1, -0.05) is 0 Å². The van der Waals surface area contributed by atoms with Crippen LogP contribution in [-0.2, 0) is 4.74 Å². The minimum Gasteiger partial charge on any atom is -0.465 e. The minimum absolute atomic E-state index is 0.000261. The first-order valence-corrected chi connectivity index (χ1v) is 5.74. The number of nitrogens with zero attached hydrogens (tertiary/aromatic N) is 2. The minimum atomic E-state index is -0.477. The van der Waals surface area contributed by atoms with Crippen LogP contribution >= 0.6 is 0 Å². The number of esters is 1. The Morgan fingerprint density at radius 1 is 1.30 bits per heavy atom. The van der Waals surface area contributed by atoms with E-state index >= 15 is 0 Å². The van der Waals surface area contributed by atoms with Crippen LogP contribution in [-0.4, -0.2) is 13.1 Å². The number of fused-ring (bicyclic) bond motifs is 1. The van der Waals surface area contributed by atoms with Crippen LogP contribution in [0, 0.1) is 22.7 Å². The van der Waals surface area contributed by atoms with Gasteiger partial charge in [0.25, 0.3) is 0 Å². The summed E-state index contributed by atoms with van der Waals surface area (Å²) in [5, 5.41) is 18.0. The monoisotopic (exact) mass is 266 g/mol. The molecule has 0 atom stereocenters. The van der Waals surface area contributed by atoms with Crippen LogP contribution in [0.15, 0.2) is 35.6 Å². The summed E-state index contributed by atoms with van der Waals surface area (Å²) in [6.45, 7) is 1.71. The second-order valence-electron chi connectivity index (χ2n) is 4.07. The van der Waals surface area contributed by atoms with Gasteiger partial charge in [0.2, 0.25) is 0 Å². The van der Waals surface area contributed by atoms with E-state index < -0.39 is 5.97 Å². The van der Waals surface area contributed by atoms with Gasteiger partial charge in [-0.05, 0) is 31.2 Å². The van der Waals surface area contributed by atoms with Crippen LogP contribution in [0.1, 0.15) is 22.8 Å². The van der Waals surface area contributed by atoms with Crippen molar-refractivity contribution in [3.05, 3.63) is 46.7 Å². The van der Waals surface area contributed by atoms with Gasteiger partial charge >= 0.3 is 5.97 Å². The van der Waals surface area contributed by atoms with Crippen LogP contribution in [0.3, 0.4) is 0 Å². The van der Waals surface area contributed by atoms with Crippen LogP contribution < -0.4 is 4.74 Å². The largest absolute Gasteiger partial charge is 0.465 e. The third kappa shape index (κ3) is 2.25. The molecule has 0 unspecified atom stereocenters. The molecular formula is C15H10N2O3. The molecule has 0 radical (unpaired) electrons. The highest BCUT2D eigenvalue weighted by Gasteiger charge is 2.20. The number of carbonyl (C=O) groups is 1. The fourth-order valence-corrected chi connectivity index (χ4v) is 1.91. The second kappa shape index (κ2) is 5.29. The number of carbonyl (C=O) groups excluding carboxylic acids is 1. The maximum atomic E-state index is 11.5. The number of hydrogen-bond acceptors (Lipinski definition) is 5. The molecule has 0 N–H and O–H groups in total. The van der Waals surface area contributed by atoms with Gasteiger partial charge in [-0.2, -0.15) is 10.5 Å². The van der Waals surface area contributed by atoms with E-state index in [-0.39, 0.29) is 5.57 Å². The Hall–Kier alpha value is -3.05. The Balaban J connectivity index is 2.64. The average molecular weight is 266 g/mol. The molecule has 1 aromatic carbocycles. The number of rotatable bonds is 1. The van der Waals surface area contributed by atoms with Crippen molar-refractivity contribution in [2.45, 2.75) is 6.92 Å². The third-order valence-electron chi connectivity index (χ3n) is 2.80. The molecular weight excluding hydrogens is 256 g/mol. The van der Waals surface area contributed by atoms with Gasteiger partial charge < -0.3 is 9.47 Å². The summed E-state index contributed by atoms with van der Waals surface area (Å²) in [5.74, 6) is 0.485.